The van der Waals surface area contributed by atoms with Crippen molar-refractivity contribution in [3.63, 3.8) is 0 Å². The molecule has 1 aromatic rings. The van der Waals surface area contributed by atoms with Crippen molar-refractivity contribution in [2.24, 2.45) is 17.8 Å². The first-order chi connectivity index (χ1) is 14.6. The summed E-state index contributed by atoms with van der Waals surface area (Å²) < 4.78 is 43.5. The average molecular weight is 441 g/mol. The molecule has 2 N–H and O–H groups in total. The van der Waals surface area contributed by atoms with Gasteiger partial charge in [-0.15, -0.1) is 0 Å². The number of hydrogen-bond donors (Lipinski definition) is 2. The first kappa shape index (κ1) is 23.4. The zero-order chi connectivity index (χ0) is 22.8. The van der Waals surface area contributed by atoms with E-state index in [1.807, 2.05) is 13.8 Å². The van der Waals surface area contributed by atoms with Gasteiger partial charge in [-0.25, -0.2) is 4.79 Å². The molecular weight excluding hydrogens is 411 g/mol. The van der Waals surface area contributed by atoms with Crippen LogP contribution >= 0.6 is 0 Å². The van der Waals surface area contributed by atoms with E-state index >= 15 is 0 Å². The van der Waals surface area contributed by atoms with E-state index in [9.17, 15) is 22.8 Å². The number of carbonyl (C=O) groups is 2. The lowest BCUT2D eigenvalue weighted by atomic mass is 9.96. The molecule has 172 valence electrons. The van der Waals surface area contributed by atoms with Crippen LogP contribution in [0, 0.1) is 17.8 Å². The summed E-state index contributed by atoms with van der Waals surface area (Å²) in [5.74, 6) is 0.322. The van der Waals surface area contributed by atoms with E-state index in [2.05, 4.69) is 20.3 Å². The number of methoxy groups -OCH3 is 1. The predicted molar refractivity (Wildman–Crippen MR) is 109 cm³/mol. The van der Waals surface area contributed by atoms with E-state index in [-0.39, 0.29) is 23.8 Å². The van der Waals surface area contributed by atoms with Gasteiger partial charge in [-0.05, 0) is 42.2 Å². The van der Waals surface area contributed by atoms with E-state index in [4.69, 9.17) is 0 Å². The molecule has 1 saturated carbocycles. The summed E-state index contributed by atoms with van der Waals surface area (Å²) in [4.78, 5) is 26.5. The normalized spacial score (nSPS) is 24.7. The number of benzene rings is 1. The van der Waals surface area contributed by atoms with Gasteiger partial charge in [-0.3, -0.25) is 9.69 Å². The minimum Gasteiger partial charge on any atom is -0.453 e. The zero-order valence-electron chi connectivity index (χ0n) is 18.0. The number of nitrogens with one attached hydrogen (secondary N) is 2. The van der Waals surface area contributed by atoms with E-state index < -0.39 is 23.9 Å². The fraction of sp³-hybridized carbons (Fsp3) is 0.636. The van der Waals surface area contributed by atoms with Crippen LogP contribution in [0.2, 0.25) is 0 Å². The van der Waals surface area contributed by atoms with Gasteiger partial charge >= 0.3 is 12.3 Å². The van der Waals surface area contributed by atoms with Gasteiger partial charge in [0.05, 0.1) is 12.7 Å². The van der Waals surface area contributed by atoms with Crippen molar-refractivity contribution in [3.8, 4) is 0 Å². The number of alkyl carbamates (subject to hydrolysis) is 1. The highest BCUT2D eigenvalue weighted by atomic mass is 19.4. The maximum atomic E-state index is 13.0. The monoisotopic (exact) mass is 441 g/mol. The van der Waals surface area contributed by atoms with Gasteiger partial charge in [0.15, 0.2) is 0 Å². The van der Waals surface area contributed by atoms with Gasteiger partial charge in [-0.2, -0.15) is 13.2 Å². The number of halogens is 3. The van der Waals surface area contributed by atoms with E-state index in [1.54, 1.807) is 6.07 Å². The standard InChI is InChI=1S/C22H30F3N3O3/c1-13(2)19(27-21(30)31-3)20(29)26-18-8-7-15-11-28(12-17(15)18)10-14-5-4-6-16(9-14)22(23,24)25/h4-6,9,13,15,17-19H,7-8,10-12H2,1-3H3,(H,26,29)(H,27,30)/t15-,17+,18+,19-/m0/s1. The number of ether oxygens (including phenoxy) is 1. The Labute approximate surface area is 180 Å². The fourth-order valence-corrected chi connectivity index (χ4v) is 4.76. The number of alkyl halides is 3. The molecule has 0 spiro atoms. The van der Waals surface area contributed by atoms with Crippen molar-refractivity contribution < 1.29 is 27.5 Å². The lowest BCUT2D eigenvalue weighted by Gasteiger charge is -2.26. The maximum Gasteiger partial charge on any atom is 0.416 e. The molecule has 0 radical (unpaired) electrons. The van der Waals surface area contributed by atoms with Crippen LogP contribution in [0.25, 0.3) is 0 Å². The highest BCUT2D eigenvalue weighted by Gasteiger charge is 2.43. The molecular formula is C22H30F3N3O3. The van der Waals surface area contributed by atoms with Gasteiger partial charge in [0.1, 0.15) is 6.04 Å². The Morgan fingerprint density at radius 2 is 1.97 bits per heavy atom. The quantitative estimate of drug-likeness (QED) is 0.710. The fourth-order valence-electron chi connectivity index (χ4n) is 4.76. The molecule has 1 saturated heterocycles. The van der Waals surface area contributed by atoms with E-state index in [0.29, 0.717) is 18.0 Å². The second-order valence-corrected chi connectivity index (χ2v) is 8.87. The van der Waals surface area contributed by atoms with Gasteiger partial charge in [0.25, 0.3) is 0 Å². The minimum absolute atomic E-state index is 0.00953. The highest BCUT2D eigenvalue weighted by molar-refractivity contribution is 5.86. The molecule has 9 heteroatoms. The molecule has 31 heavy (non-hydrogen) atoms. The lowest BCUT2D eigenvalue weighted by molar-refractivity contribution is -0.137. The molecule has 1 aromatic carbocycles. The Hall–Kier alpha value is -2.29. The van der Waals surface area contributed by atoms with Crippen molar-refractivity contribution in [1.82, 2.24) is 15.5 Å². The number of amides is 2. The van der Waals surface area contributed by atoms with Crippen LogP contribution in [0.1, 0.15) is 37.8 Å². The Morgan fingerprint density at radius 3 is 2.61 bits per heavy atom. The molecule has 1 heterocycles. The molecule has 1 aliphatic heterocycles. The Balaban J connectivity index is 1.59. The molecule has 1 aliphatic carbocycles. The third-order valence-electron chi connectivity index (χ3n) is 6.33. The molecule has 0 bridgehead atoms. The predicted octanol–water partition coefficient (Wildman–Crippen LogP) is 3.41. The topological polar surface area (TPSA) is 70.7 Å². The van der Waals surface area contributed by atoms with Crippen molar-refractivity contribution in [1.29, 1.82) is 0 Å². The first-order valence-electron chi connectivity index (χ1n) is 10.6. The molecule has 2 amide bonds. The number of nitrogens with zero attached hydrogens (tertiary/aromatic N) is 1. The summed E-state index contributed by atoms with van der Waals surface area (Å²) >= 11 is 0. The number of fused-ring (bicyclic) bond motifs is 1. The molecule has 2 aliphatic rings. The summed E-state index contributed by atoms with van der Waals surface area (Å²) in [6.07, 6.45) is -3.17. The van der Waals surface area contributed by atoms with Crippen molar-refractivity contribution in [2.45, 2.75) is 51.5 Å². The summed E-state index contributed by atoms with van der Waals surface area (Å²) in [6, 6.07) is 4.76. The third kappa shape index (κ3) is 5.70. The number of hydrogen-bond acceptors (Lipinski definition) is 4. The number of rotatable bonds is 6. The van der Waals surface area contributed by atoms with Crippen LogP contribution in [-0.2, 0) is 22.3 Å². The molecule has 0 aromatic heterocycles. The van der Waals surface area contributed by atoms with Crippen molar-refractivity contribution in [3.05, 3.63) is 35.4 Å². The van der Waals surface area contributed by atoms with Crippen LogP contribution in [-0.4, -0.2) is 49.2 Å². The second-order valence-electron chi connectivity index (χ2n) is 8.87. The second kappa shape index (κ2) is 9.46. The Morgan fingerprint density at radius 1 is 1.23 bits per heavy atom. The summed E-state index contributed by atoms with van der Waals surface area (Å²) in [7, 11) is 1.25. The lowest BCUT2D eigenvalue weighted by Crippen LogP contribution is -2.53. The molecule has 4 atom stereocenters. The molecule has 0 unspecified atom stereocenters. The summed E-state index contributed by atoms with van der Waals surface area (Å²) in [5, 5.41) is 5.67. The van der Waals surface area contributed by atoms with Crippen LogP contribution in [0.5, 0.6) is 0 Å². The Bertz CT molecular complexity index is 800. The first-order valence-corrected chi connectivity index (χ1v) is 10.6. The van der Waals surface area contributed by atoms with Crippen LogP contribution in [0.4, 0.5) is 18.0 Å². The maximum absolute atomic E-state index is 13.0. The van der Waals surface area contributed by atoms with Gasteiger partial charge < -0.3 is 15.4 Å². The largest absolute Gasteiger partial charge is 0.453 e. The number of carbonyl (C=O) groups excluding carboxylic acids is 2. The van der Waals surface area contributed by atoms with Crippen molar-refractivity contribution >= 4 is 12.0 Å². The van der Waals surface area contributed by atoms with E-state index in [1.165, 1.54) is 19.2 Å². The highest BCUT2D eigenvalue weighted by Crippen LogP contribution is 2.39. The number of likely N-dealkylation sites (tertiary alicyclic amines) is 1. The smallest absolute Gasteiger partial charge is 0.416 e. The van der Waals surface area contributed by atoms with Crippen LogP contribution in [0.15, 0.2) is 24.3 Å². The SMILES string of the molecule is COC(=O)N[C@H](C(=O)N[C@@H]1CC[C@H]2CN(Cc3cccc(C(F)(F)F)c3)C[C@H]21)C(C)C. The molecule has 6 nitrogen and oxygen atoms in total. The minimum atomic E-state index is -4.35. The zero-order valence-corrected chi connectivity index (χ0v) is 18.0. The van der Waals surface area contributed by atoms with E-state index in [0.717, 1.165) is 32.0 Å². The molecule has 3 rings (SSSR count). The van der Waals surface area contributed by atoms with Gasteiger partial charge in [0.2, 0.25) is 5.91 Å². The van der Waals surface area contributed by atoms with Crippen molar-refractivity contribution in [2.75, 3.05) is 20.2 Å². The Kier molecular flexibility index (Phi) is 7.13. The van der Waals surface area contributed by atoms with Crippen LogP contribution in [0.3, 0.4) is 0 Å². The average Bonchev–Trinajstić information content (AvgIpc) is 3.26. The van der Waals surface area contributed by atoms with Gasteiger partial charge in [0, 0.05) is 25.7 Å². The molecule has 2 fully saturated rings. The van der Waals surface area contributed by atoms with Crippen LogP contribution < -0.4 is 10.6 Å². The summed E-state index contributed by atoms with van der Waals surface area (Å²) in [6.45, 7) is 5.69. The van der Waals surface area contributed by atoms with Gasteiger partial charge in [-0.1, -0.05) is 32.0 Å². The third-order valence-corrected chi connectivity index (χ3v) is 6.33. The summed E-state index contributed by atoms with van der Waals surface area (Å²) in [5.41, 5.74) is 0.00454.